The van der Waals surface area contributed by atoms with Crippen LogP contribution in [0.1, 0.15) is 57.1 Å². The number of carbonyl (C=O) groups excluding carboxylic acids is 1. The molecule has 0 spiro atoms. The van der Waals surface area contributed by atoms with Crippen molar-refractivity contribution < 1.29 is 4.79 Å². The minimum Gasteiger partial charge on any atom is -0.352 e. The van der Waals surface area contributed by atoms with Gasteiger partial charge in [0.2, 0.25) is 5.91 Å². The van der Waals surface area contributed by atoms with Crippen LogP contribution in [0, 0.1) is 23.7 Å². The summed E-state index contributed by atoms with van der Waals surface area (Å²) in [5.74, 6) is 3.56. The number of benzene rings is 1. The summed E-state index contributed by atoms with van der Waals surface area (Å²) in [6.45, 7) is 4.12. The van der Waals surface area contributed by atoms with Gasteiger partial charge in [-0.2, -0.15) is 0 Å². The van der Waals surface area contributed by atoms with E-state index in [0.29, 0.717) is 6.04 Å². The molecular weight excluding hydrogens is 362 g/mol. The second kappa shape index (κ2) is 6.16. The third-order valence-electron chi connectivity index (χ3n) is 6.90. The molecule has 0 aliphatic heterocycles. The zero-order valence-electron chi connectivity index (χ0n) is 14.7. The van der Waals surface area contributed by atoms with E-state index < -0.39 is 5.41 Å². The van der Waals surface area contributed by atoms with Gasteiger partial charge in [-0.05, 0) is 80.8 Å². The first-order valence-corrected chi connectivity index (χ1v) is 10.6. The summed E-state index contributed by atoms with van der Waals surface area (Å²) >= 11 is 3.52. The first kappa shape index (κ1) is 16.6. The van der Waals surface area contributed by atoms with Crippen molar-refractivity contribution in [1.29, 1.82) is 0 Å². The van der Waals surface area contributed by atoms with Crippen LogP contribution in [0.2, 0.25) is 0 Å². The molecule has 2 nitrogen and oxygen atoms in total. The molecule has 4 aliphatic rings. The van der Waals surface area contributed by atoms with Crippen LogP contribution >= 0.6 is 15.9 Å². The lowest BCUT2D eigenvalue weighted by Crippen LogP contribution is -2.58. The number of hydrogen-bond donors (Lipinski definition) is 1. The first-order valence-electron chi connectivity index (χ1n) is 9.43. The molecule has 24 heavy (non-hydrogen) atoms. The molecule has 1 amide bonds. The molecule has 0 unspecified atom stereocenters. The lowest BCUT2D eigenvalue weighted by molar-refractivity contribution is -0.129. The predicted molar refractivity (Wildman–Crippen MR) is 101 cm³/mol. The summed E-state index contributed by atoms with van der Waals surface area (Å²) in [7, 11) is 0. The van der Waals surface area contributed by atoms with Crippen LogP contribution < -0.4 is 5.32 Å². The molecule has 3 heteroatoms. The normalized spacial score (nSPS) is 34.4. The maximum absolute atomic E-state index is 13.1. The van der Waals surface area contributed by atoms with E-state index in [2.05, 4.69) is 59.4 Å². The van der Waals surface area contributed by atoms with Gasteiger partial charge in [-0.15, -0.1) is 0 Å². The van der Waals surface area contributed by atoms with Crippen LogP contribution in [0.25, 0.3) is 0 Å². The van der Waals surface area contributed by atoms with E-state index in [4.69, 9.17) is 0 Å². The Morgan fingerprint density at radius 1 is 1.12 bits per heavy atom. The maximum atomic E-state index is 13.1. The molecule has 0 aromatic heterocycles. The molecule has 1 N–H and O–H groups in total. The van der Waals surface area contributed by atoms with Gasteiger partial charge in [0.1, 0.15) is 0 Å². The van der Waals surface area contributed by atoms with Gasteiger partial charge in [0.05, 0.1) is 5.41 Å². The minimum absolute atomic E-state index is 0.201. The third kappa shape index (κ3) is 2.83. The quantitative estimate of drug-likeness (QED) is 0.736. The topological polar surface area (TPSA) is 29.1 Å². The maximum Gasteiger partial charge on any atom is 0.230 e. The van der Waals surface area contributed by atoms with Crippen molar-refractivity contribution in [3.8, 4) is 0 Å². The molecule has 4 bridgehead atoms. The Balaban J connectivity index is 1.51. The Morgan fingerprint density at radius 2 is 1.75 bits per heavy atom. The van der Waals surface area contributed by atoms with E-state index >= 15 is 0 Å². The summed E-state index contributed by atoms with van der Waals surface area (Å²) in [5.41, 5.74) is 1.86. The number of amides is 1. The van der Waals surface area contributed by atoms with Crippen molar-refractivity contribution in [3.63, 3.8) is 0 Å². The van der Waals surface area contributed by atoms with Gasteiger partial charge in [-0.1, -0.05) is 40.2 Å². The van der Waals surface area contributed by atoms with Crippen LogP contribution in [0.3, 0.4) is 0 Å². The highest BCUT2D eigenvalue weighted by atomic mass is 79.9. The number of carbonyl (C=O) groups is 1. The number of nitrogens with one attached hydrogen (secondary N) is 1. The van der Waals surface area contributed by atoms with Crippen molar-refractivity contribution >= 4 is 21.8 Å². The SMILES string of the molecule is CC(C)(C(=O)NC1C2CC3CC(C2)CC1C3)c1cccc(CBr)c1. The van der Waals surface area contributed by atoms with E-state index in [1.54, 1.807) is 0 Å². The summed E-state index contributed by atoms with van der Waals surface area (Å²) in [6, 6.07) is 8.82. The van der Waals surface area contributed by atoms with Crippen LogP contribution in [0.4, 0.5) is 0 Å². The fourth-order valence-corrected chi connectivity index (χ4v) is 6.02. The number of rotatable bonds is 4. The van der Waals surface area contributed by atoms with Crippen LogP contribution in [-0.4, -0.2) is 11.9 Å². The van der Waals surface area contributed by atoms with Crippen LogP contribution in [0.15, 0.2) is 24.3 Å². The first-order chi connectivity index (χ1) is 11.5. The predicted octanol–water partition coefficient (Wildman–Crippen LogP) is 4.80. The van der Waals surface area contributed by atoms with E-state index in [-0.39, 0.29) is 5.91 Å². The van der Waals surface area contributed by atoms with E-state index in [9.17, 15) is 4.79 Å². The van der Waals surface area contributed by atoms with Crippen molar-refractivity contribution in [2.45, 2.75) is 62.7 Å². The van der Waals surface area contributed by atoms with E-state index in [1.807, 2.05) is 0 Å². The Hall–Kier alpha value is -0.830. The smallest absolute Gasteiger partial charge is 0.230 e. The summed E-state index contributed by atoms with van der Waals surface area (Å²) in [4.78, 5) is 13.1. The zero-order valence-corrected chi connectivity index (χ0v) is 16.3. The standard InChI is InChI=1S/C21H28BrNO/c1-21(2,18-5-3-4-13(11-18)12-22)20(24)23-19-16-7-14-6-15(9-16)10-17(19)8-14/h3-5,11,14-17,19H,6-10,12H2,1-2H3,(H,23,24). The average molecular weight is 390 g/mol. The average Bonchev–Trinajstić information content (AvgIpc) is 2.57. The summed E-state index contributed by atoms with van der Waals surface area (Å²) in [5, 5.41) is 4.32. The van der Waals surface area contributed by atoms with Gasteiger partial charge in [-0.25, -0.2) is 0 Å². The fourth-order valence-electron chi connectivity index (χ4n) is 5.67. The molecule has 1 aromatic rings. The van der Waals surface area contributed by atoms with Gasteiger partial charge in [0.25, 0.3) is 0 Å². The molecule has 4 fully saturated rings. The van der Waals surface area contributed by atoms with Crippen LogP contribution in [0.5, 0.6) is 0 Å². The molecule has 4 aliphatic carbocycles. The van der Waals surface area contributed by atoms with E-state index in [0.717, 1.165) is 34.6 Å². The van der Waals surface area contributed by atoms with Crippen molar-refractivity contribution in [2.24, 2.45) is 23.7 Å². The highest BCUT2D eigenvalue weighted by Gasteiger charge is 2.49. The number of alkyl halides is 1. The monoisotopic (exact) mass is 389 g/mol. The molecule has 0 heterocycles. The van der Waals surface area contributed by atoms with Gasteiger partial charge >= 0.3 is 0 Å². The highest BCUT2D eigenvalue weighted by molar-refractivity contribution is 9.08. The molecule has 4 saturated carbocycles. The molecule has 5 rings (SSSR count). The van der Waals surface area contributed by atoms with Crippen molar-refractivity contribution in [3.05, 3.63) is 35.4 Å². The van der Waals surface area contributed by atoms with Crippen molar-refractivity contribution in [1.82, 2.24) is 5.32 Å². The number of halogens is 1. The lowest BCUT2D eigenvalue weighted by Gasteiger charge is -2.54. The second-order valence-corrected chi connectivity index (χ2v) is 9.45. The largest absolute Gasteiger partial charge is 0.352 e. The van der Waals surface area contributed by atoms with Crippen LogP contribution in [-0.2, 0) is 15.5 Å². The van der Waals surface area contributed by atoms with Crippen molar-refractivity contribution in [2.75, 3.05) is 0 Å². The minimum atomic E-state index is -0.479. The van der Waals surface area contributed by atoms with E-state index in [1.165, 1.54) is 37.7 Å². The summed E-state index contributed by atoms with van der Waals surface area (Å²) < 4.78 is 0. The molecule has 0 saturated heterocycles. The summed E-state index contributed by atoms with van der Waals surface area (Å²) in [6.07, 6.45) is 6.84. The molecule has 0 atom stereocenters. The van der Waals surface area contributed by atoms with Gasteiger partial charge < -0.3 is 5.32 Å². The third-order valence-corrected chi connectivity index (χ3v) is 7.54. The zero-order chi connectivity index (χ0) is 16.9. The van der Waals surface area contributed by atoms with Gasteiger partial charge in [0.15, 0.2) is 0 Å². The lowest BCUT2D eigenvalue weighted by atomic mass is 9.54. The second-order valence-electron chi connectivity index (χ2n) is 8.89. The highest BCUT2D eigenvalue weighted by Crippen LogP contribution is 2.53. The van der Waals surface area contributed by atoms with Gasteiger partial charge in [-0.3, -0.25) is 4.79 Å². The molecule has 0 radical (unpaired) electrons. The Labute approximate surface area is 153 Å². The Morgan fingerprint density at radius 3 is 2.33 bits per heavy atom. The fraction of sp³-hybridized carbons (Fsp3) is 0.667. The Bertz CT molecular complexity index is 610. The Kier molecular flexibility index (Phi) is 4.27. The molecule has 1 aromatic carbocycles. The van der Waals surface area contributed by atoms with Gasteiger partial charge in [0, 0.05) is 11.4 Å². The molecule has 130 valence electrons. The number of hydrogen-bond acceptors (Lipinski definition) is 1. The molecular formula is C21H28BrNO.